The second kappa shape index (κ2) is 6.55. The summed E-state index contributed by atoms with van der Waals surface area (Å²) in [5, 5.41) is 10.5. The molecular weight excluding hydrogens is 274 g/mol. The highest BCUT2D eigenvalue weighted by Crippen LogP contribution is 2.09. The molecule has 0 saturated carbocycles. The van der Waals surface area contributed by atoms with E-state index in [1.165, 1.54) is 4.90 Å². The molecule has 1 aromatic heterocycles. The van der Waals surface area contributed by atoms with Gasteiger partial charge in [-0.15, -0.1) is 10.2 Å². The van der Waals surface area contributed by atoms with Crippen LogP contribution >= 0.6 is 0 Å². The summed E-state index contributed by atoms with van der Waals surface area (Å²) >= 11 is 0. The van der Waals surface area contributed by atoms with Gasteiger partial charge in [-0.2, -0.15) is 0 Å². The third kappa shape index (κ3) is 3.71. The summed E-state index contributed by atoms with van der Waals surface area (Å²) < 4.78 is 6.91. The van der Waals surface area contributed by atoms with Crippen molar-refractivity contribution >= 4 is 12.0 Å². The van der Waals surface area contributed by atoms with Crippen LogP contribution in [-0.2, 0) is 17.8 Å². The molecule has 8 nitrogen and oxygen atoms in total. The van der Waals surface area contributed by atoms with E-state index in [2.05, 4.69) is 29.4 Å². The average Bonchev–Trinajstić information content (AvgIpc) is 2.83. The fourth-order valence-electron chi connectivity index (χ4n) is 1.98. The standard InChI is InChI=1S/C13H21N5O3/c1-9(2)4-7-21-13(20)17(3)8-10-15-16-11-12(19)14-5-6-18(10)11/h9H,4-8H2,1-3H3,(H,14,19). The van der Waals surface area contributed by atoms with Crippen molar-refractivity contribution in [2.24, 2.45) is 5.92 Å². The molecular formula is C13H21N5O3. The van der Waals surface area contributed by atoms with Gasteiger partial charge in [0.25, 0.3) is 5.91 Å². The van der Waals surface area contributed by atoms with Gasteiger partial charge in [-0.05, 0) is 12.3 Å². The van der Waals surface area contributed by atoms with Crippen LogP contribution in [0.1, 0.15) is 36.7 Å². The first kappa shape index (κ1) is 15.3. The van der Waals surface area contributed by atoms with Gasteiger partial charge in [0, 0.05) is 20.1 Å². The summed E-state index contributed by atoms with van der Waals surface area (Å²) in [5.74, 6) is 1.13. The number of carbonyl (C=O) groups excluding carboxylic acids is 2. The number of ether oxygens (including phenoxy) is 1. The van der Waals surface area contributed by atoms with E-state index >= 15 is 0 Å². The van der Waals surface area contributed by atoms with Crippen LogP contribution in [0, 0.1) is 5.92 Å². The number of rotatable bonds is 5. The molecule has 0 aromatic carbocycles. The van der Waals surface area contributed by atoms with E-state index < -0.39 is 6.09 Å². The van der Waals surface area contributed by atoms with Gasteiger partial charge < -0.3 is 19.5 Å². The fourth-order valence-corrected chi connectivity index (χ4v) is 1.98. The molecule has 0 atom stereocenters. The molecule has 0 spiro atoms. The van der Waals surface area contributed by atoms with Crippen LogP contribution in [0.2, 0.25) is 0 Å². The van der Waals surface area contributed by atoms with Gasteiger partial charge in [-0.1, -0.05) is 13.8 Å². The zero-order valence-electron chi connectivity index (χ0n) is 12.6. The zero-order chi connectivity index (χ0) is 15.4. The second-order valence-corrected chi connectivity index (χ2v) is 5.50. The monoisotopic (exact) mass is 295 g/mol. The molecule has 0 fully saturated rings. The lowest BCUT2D eigenvalue weighted by molar-refractivity contribution is 0.0920. The average molecular weight is 295 g/mol. The third-order valence-corrected chi connectivity index (χ3v) is 3.26. The molecule has 21 heavy (non-hydrogen) atoms. The van der Waals surface area contributed by atoms with Gasteiger partial charge in [0.15, 0.2) is 5.82 Å². The van der Waals surface area contributed by atoms with Crippen molar-refractivity contribution in [3.63, 3.8) is 0 Å². The molecule has 0 bridgehead atoms. The Morgan fingerprint density at radius 2 is 2.24 bits per heavy atom. The Kier molecular flexibility index (Phi) is 4.77. The Hall–Kier alpha value is -2.12. The van der Waals surface area contributed by atoms with Crippen LogP contribution in [0.5, 0.6) is 0 Å². The summed E-state index contributed by atoms with van der Waals surface area (Å²) in [5.41, 5.74) is 0. The predicted octanol–water partition coefficient (Wildman–Crippen LogP) is 0.636. The number of hydrogen-bond donors (Lipinski definition) is 1. The minimum atomic E-state index is -0.395. The van der Waals surface area contributed by atoms with Gasteiger partial charge in [0.2, 0.25) is 5.82 Å². The van der Waals surface area contributed by atoms with Crippen molar-refractivity contribution in [3.8, 4) is 0 Å². The Bertz CT molecular complexity index is 526. The quantitative estimate of drug-likeness (QED) is 0.861. The van der Waals surface area contributed by atoms with E-state index in [0.29, 0.717) is 31.4 Å². The van der Waals surface area contributed by atoms with Crippen molar-refractivity contribution < 1.29 is 14.3 Å². The minimum absolute atomic E-state index is 0.234. The van der Waals surface area contributed by atoms with Crippen molar-refractivity contribution in [1.29, 1.82) is 0 Å². The lowest BCUT2D eigenvalue weighted by atomic mass is 10.1. The summed E-state index contributed by atoms with van der Waals surface area (Å²) in [6, 6.07) is 0. The first-order chi connectivity index (χ1) is 9.99. The maximum atomic E-state index is 11.9. The Morgan fingerprint density at radius 3 is 2.95 bits per heavy atom. The highest BCUT2D eigenvalue weighted by atomic mass is 16.6. The normalized spacial score (nSPS) is 13.8. The Labute approximate surface area is 123 Å². The molecule has 1 N–H and O–H groups in total. The SMILES string of the molecule is CC(C)CCOC(=O)N(C)Cc1nnc2n1CCNC2=O. The number of carbonyl (C=O) groups is 2. The van der Waals surface area contributed by atoms with Gasteiger partial charge in [0.05, 0.1) is 13.2 Å². The molecule has 2 heterocycles. The number of amides is 2. The topological polar surface area (TPSA) is 89.3 Å². The van der Waals surface area contributed by atoms with Gasteiger partial charge >= 0.3 is 6.09 Å². The number of hydrogen-bond acceptors (Lipinski definition) is 5. The van der Waals surface area contributed by atoms with E-state index in [1.807, 2.05) is 0 Å². The molecule has 8 heteroatoms. The molecule has 0 aliphatic carbocycles. The molecule has 1 aromatic rings. The van der Waals surface area contributed by atoms with Crippen LogP contribution < -0.4 is 5.32 Å². The van der Waals surface area contributed by atoms with Gasteiger partial charge in [0.1, 0.15) is 0 Å². The molecule has 0 unspecified atom stereocenters. The Morgan fingerprint density at radius 1 is 1.48 bits per heavy atom. The lowest BCUT2D eigenvalue weighted by Crippen LogP contribution is -2.37. The highest BCUT2D eigenvalue weighted by Gasteiger charge is 2.24. The van der Waals surface area contributed by atoms with Crippen LogP contribution in [0.15, 0.2) is 0 Å². The molecule has 0 radical (unpaired) electrons. The van der Waals surface area contributed by atoms with Crippen molar-refractivity contribution in [1.82, 2.24) is 25.0 Å². The number of aromatic nitrogens is 3. The predicted molar refractivity (Wildman–Crippen MR) is 74.6 cm³/mol. The minimum Gasteiger partial charge on any atom is -0.449 e. The van der Waals surface area contributed by atoms with E-state index in [-0.39, 0.29) is 18.3 Å². The Balaban J connectivity index is 1.92. The van der Waals surface area contributed by atoms with Crippen LogP contribution in [0.3, 0.4) is 0 Å². The molecule has 2 amide bonds. The lowest BCUT2D eigenvalue weighted by Gasteiger charge is -2.19. The molecule has 116 valence electrons. The molecule has 2 rings (SSSR count). The first-order valence-corrected chi connectivity index (χ1v) is 7.07. The van der Waals surface area contributed by atoms with Crippen molar-refractivity contribution in [3.05, 3.63) is 11.6 Å². The summed E-state index contributed by atoms with van der Waals surface area (Å²) in [6.45, 7) is 5.97. The van der Waals surface area contributed by atoms with E-state index in [4.69, 9.17) is 4.74 Å². The third-order valence-electron chi connectivity index (χ3n) is 3.26. The number of nitrogens with one attached hydrogen (secondary N) is 1. The van der Waals surface area contributed by atoms with Gasteiger partial charge in [-0.3, -0.25) is 4.79 Å². The van der Waals surface area contributed by atoms with Gasteiger partial charge in [-0.25, -0.2) is 4.79 Å². The molecule has 1 aliphatic rings. The van der Waals surface area contributed by atoms with E-state index in [0.717, 1.165) is 6.42 Å². The van der Waals surface area contributed by atoms with Crippen LogP contribution in [0.25, 0.3) is 0 Å². The summed E-state index contributed by atoms with van der Waals surface area (Å²) in [6.07, 6.45) is 0.438. The van der Waals surface area contributed by atoms with E-state index in [9.17, 15) is 9.59 Å². The number of fused-ring (bicyclic) bond motifs is 1. The summed E-state index contributed by atoms with van der Waals surface area (Å²) in [4.78, 5) is 24.9. The maximum absolute atomic E-state index is 11.9. The van der Waals surface area contributed by atoms with E-state index in [1.54, 1.807) is 11.6 Å². The number of nitrogens with zero attached hydrogens (tertiary/aromatic N) is 4. The second-order valence-electron chi connectivity index (χ2n) is 5.50. The highest BCUT2D eigenvalue weighted by molar-refractivity contribution is 5.91. The van der Waals surface area contributed by atoms with Crippen LogP contribution in [-0.4, -0.2) is 51.9 Å². The molecule has 0 saturated heterocycles. The van der Waals surface area contributed by atoms with Crippen molar-refractivity contribution in [2.45, 2.75) is 33.4 Å². The van der Waals surface area contributed by atoms with Crippen molar-refractivity contribution in [2.75, 3.05) is 20.2 Å². The van der Waals surface area contributed by atoms with Crippen LogP contribution in [0.4, 0.5) is 4.79 Å². The first-order valence-electron chi connectivity index (χ1n) is 7.07. The largest absolute Gasteiger partial charge is 0.449 e. The summed E-state index contributed by atoms with van der Waals surface area (Å²) in [7, 11) is 1.64. The smallest absolute Gasteiger partial charge is 0.409 e. The zero-order valence-corrected chi connectivity index (χ0v) is 12.6. The maximum Gasteiger partial charge on any atom is 0.409 e. The molecule has 1 aliphatic heterocycles. The fraction of sp³-hybridized carbons (Fsp3) is 0.692.